The monoisotopic (exact) mass is 306 g/mol. The molecule has 0 aliphatic heterocycles. The van der Waals surface area contributed by atoms with Crippen LogP contribution < -0.4 is 11.1 Å². The molecule has 5 heteroatoms. The first-order valence-electron chi connectivity index (χ1n) is 5.77. The molecule has 2 rings (SSSR count). The molecule has 0 spiro atoms. The summed E-state index contributed by atoms with van der Waals surface area (Å²) in [6.45, 7) is 2.87. The van der Waals surface area contributed by atoms with E-state index in [0.29, 0.717) is 5.69 Å². The Labute approximate surface area is 115 Å². The van der Waals surface area contributed by atoms with Gasteiger partial charge in [0.15, 0.2) is 0 Å². The van der Waals surface area contributed by atoms with Crippen LogP contribution in [0.5, 0.6) is 0 Å². The zero-order valence-corrected chi connectivity index (χ0v) is 11.7. The van der Waals surface area contributed by atoms with E-state index in [2.05, 4.69) is 38.1 Å². The van der Waals surface area contributed by atoms with Crippen LogP contribution in [0, 0.1) is 0 Å². The molecule has 0 fully saturated rings. The molecule has 0 amide bonds. The van der Waals surface area contributed by atoms with E-state index >= 15 is 0 Å². The highest BCUT2D eigenvalue weighted by Gasteiger charge is 2.19. The average molecular weight is 307 g/mol. The van der Waals surface area contributed by atoms with Gasteiger partial charge in [-0.2, -0.15) is 0 Å². The Morgan fingerprint density at radius 2 is 2.22 bits per heavy atom. The van der Waals surface area contributed by atoms with Crippen molar-refractivity contribution in [2.45, 2.75) is 13.0 Å². The fourth-order valence-electron chi connectivity index (χ4n) is 1.83. The minimum absolute atomic E-state index is 0.0562. The molecule has 94 valence electrons. The number of nitrogens with one attached hydrogen (secondary N) is 1. The number of nitrogens with zero attached hydrogens (tertiary/aromatic N) is 2. The standard InChI is InChI=1S/C13H15BrN4/c1-2-17-12(9-8-16-7-5-11(9)15)13-10(14)4-3-6-18-13/h3-8,12,17H,2H2,1H3,(H2,15,16). The first-order valence-corrected chi connectivity index (χ1v) is 6.56. The second kappa shape index (κ2) is 5.93. The third-order valence-corrected chi connectivity index (χ3v) is 3.34. The molecule has 0 saturated carbocycles. The summed E-state index contributed by atoms with van der Waals surface area (Å²) in [5, 5.41) is 3.38. The van der Waals surface area contributed by atoms with Crippen LogP contribution in [0.3, 0.4) is 0 Å². The van der Waals surface area contributed by atoms with Crippen molar-refractivity contribution in [2.75, 3.05) is 12.3 Å². The van der Waals surface area contributed by atoms with Crippen molar-refractivity contribution in [1.29, 1.82) is 0 Å². The summed E-state index contributed by atoms with van der Waals surface area (Å²) in [6, 6.07) is 5.61. The molecular formula is C13H15BrN4. The molecule has 2 heterocycles. The molecule has 2 aromatic rings. The van der Waals surface area contributed by atoms with Gasteiger partial charge in [0.25, 0.3) is 0 Å². The van der Waals surface area contributed by atoms with E-state index in [1.807, 2.05) is 12.1 Å². The van der Waals surface area contributed by atoms with Crippen LogP contribution in [-0.2, 0) is 0 Å². The summed E-state index contributed by atoms with van der Waals surface area (Å²) >= 11 is 3.53. The van der Waals surface area contributed by atoms with Crippen molar-refractivity contribution in [3.63, 3.8) is 0 Å². The van der Waals surface area contributed by atoms with Gasteiger partial charge < -0.3 is 11.1 Å². The van der Waals surface area contributed by atoms with Gasteiger partial charge in [0.05, 0.1) is 11.7 Å². The molecule has 1 atom stereocenters. The van der Waals surface area contributed by atoms with E-state index in [4.69, 9.17) is 5.73 Å². The molecule has 0 aromatic carbocycles. The molecule has 2 aromatic heterocycles. The van der Waals surface area contributed by atoms with Gasteiger partial charge >= 0.3 is 0 Å². The molecular weight excluding hydrogens is 292 g/mol. The van der Waals surface area contributed by atoms with Gasteiger partial charge in [-0.1, -0.05) is 6.92 Å². The van der Waals surface area contributed by atoms with Crippen molar-refractivity contribution in [3.8, 4) is 0 Å². The number of aromatic nitrogens is 2. The number of nitrogen functional groups attached to an aromatic ring is 1. The summed E-state index contributed by atoms with van der Waals surface area (Å²) in [5.41, 5.74) is 8.59. The van der Waals surface area contributed by atoms with Crippen LogP contribution in [0.4, 0.5) is 5.69 Å². The third-order valence-electron chi connectivity index (χ3n) is 2.67. The van der Waals surface area contributed by atoms with E-state index in [1.54, 1.807) is 24.7 Å². The molecule has 1 unspecified atom stereocenters. The van der Waals surface area contributed by atoms with Crippen molar-refractivity contribution in [2.24, 2.45) is 0 Å². The van der Waals surface area contributed by atoms with E-state index in [9.17, 15) is 0 Å². The summed E-state index contributed by atoms with van der Waals surface area (Å²) < 4.78 is 0.958. The molecule has 0 aliphatic rings. The second-order valence-corrected chi connectivity index (χ2v) is 4.72. The fraction of sp³-hybridized carbons (Fsp3) is 0.231. The Kier molecular flexibility index (Phi) is 4.28. The molecule has 0 radical (unpaired) electrons. The third kappa shape index (κ3) is 2.68. The maximum atomic E-state index is 6.02. The van der Waals surface area contributed by atoms with Gasteiger partial charge in [0.1, 0.15) is 0 Å². The number of halogens is 1. The Bertz CT molecular complexity index is 484. The lowest BCUT2D eigenvalue weighted by atomic mass is 10.0. The van der Waals surface area contributed by atoms with Gasteiger partial charge in [0.2, 0.25) is 0 Å². The normalized spacial score (nSPS) is 12.3. The predicted octanol–water partition coefficient (Wildman–Crippen LogP) is 2.52. The van der Waals surface area contributed by atoms with Crippen LogP contribution in [0.25, 0.3) is 0 Å². The molecule has 0 saturated heterocycles. The highest BCUT2D eigenvalue weighted by Crippen LogP contribution is 2.29. The first-order chi connectivity index (χ1) is 8.74. The summed E-state index contributed by atoms with van der Waals surface area (Å²) in [6.07, 6.45) is 5.25. The molecule has 3 N–H and O–H groups in total. The lowest BCUT2D eigenvalue weighted by Gasteiger charge is -2.20. The van der Waals surface area contributed by atoms with Crippen LogP contribution in [-0.4, -0.2) is 16.5 Å². The zero-order valence-electron chi connectivity index (χ0n) is 10.1. The van der Waals surface area contributed by atoms with Gasteiger partial charge in [-0.15, -0.1) is 0 Å². The Balaban J connectivity index is 2.47. The summed E-state index contributed by atoms with van der Waals surface area (Å²) in [4.78, 5) is 8.56. The van der Waals surface area contributed by atoms with Crippen molar-refractivity contribution in [1.82, 2.24) is 15.3 Å². The minimum Gasteiger partial charge on any atom is -0.398 e. The maximum absolute atomic E-state index is 6.02. The van der Waals surface area contributed by atoms with E-state index in [1.165, 1.54) is 0 Å². The van der Waals surface area contributed by atoms with Crippen LogP contribution in [0.15, 0.2) is 41.3 Å². The highest BCUT2D eigenvalue weighted by molar-refractivity contribution is 9.10. The predicted molar refractivity (Wildman–Crippen MR) is 76.1 cm³/mol. The number of pyridine rings is 2. The first kappa shape index (κ1) is 13.0. The van der Waals surface area contributed by atoms with Gasteiger partial charge in [-0.25, -0.2) is 0 Å². The zero-order chi connectivity index (χ0) is 13.0. The number of anilines is 1. The van der Waals surface area contributed by atoms with Crippen molar-refractivity contribution >= 4 is 21.6 Å². The second-order valence-electron chi connectivity index (χ2n) is 3.87. The fourth-order valence-corrected chi connectivity index (χ4v) is 2.31. The lowest BCUT2D eigenvalue weighted by Crippen LogP contribution is -2.24. The number of hydrogen-bond donors (Lipinski definition) is 2. The largest absolute Gasteiger partial charge is 0.398 e. The number of hydrogen-bond acceptors (Lipinski definition) is 4. The SMILES string of the molecule is CCNC(c1cnccc1N)c1ncccc1Br. The molecule has 18 heavy (non-hydrogen) atoms. The Hall–Kier alpha value is -1.46. The van der Waals surface area contributed by atoms with Gasteiger partial charge in [-0.05, 0) is 40.7 Å². The quantitative estimate of drug-likeness (QED) is 0.911. The highest BCUT2D eigenvalue weighted by atomic mass is 79.9. The van der Waals surface area contributed by atoms with Gasteiger partial charge in [-0.3, -0.25) is 9.97 Å². The Morgan fingerprint density at radius 1 is 1.39 bits per heavy atom. The average Bonchev–Trinajstić information content (AvgIpc) is 2.38. The Morgan fingerprint density at radius 3 is 2.89 bits per heavy atom. The topological polar surface area (TPSA) is 63.8 Å². The van der Waals surface area contributed by atoms with Crippen LogP contribution >= 0.6 is 15.9 Å². The maximum Gasteiger partial charge on any atom is 0.0798 e. The minimum atomic E-state index is -0.0562. The molecule has 0 bridgehead atoms. The smallest absolute Gasteiger partial charge is 0.0798 e. The number of nitrogens with two attached hydrogens (primary N) is 1. The van der Waals surface area contributed by atoms with Crippen LogP contribution in [0.2, 0.25) is 0 Å². The van der Waals surface area contributed by atoms with E-state index in [0.717, 1.165) is 22.3 Å². The lowest BCUT2D eigenvalue weighted by molar-refractivity contribution is 0.612. The van der Waals surface area contributed by atoms with Crippen molar-refractivity contribution < 1.29 is 0 Å². The molecule has 4 nitrogen and oxygen atoms in total. The summed E-state index contributed by atoms with van der Waals surface area (Å²) in [7, 11) is 0. The van der Waals surface area contributed by atoms with Gasteiger partial charge in [0, 0.05) is 34.3 Å². The van der Waals surface area contributed by atoms with E-state index < -0.39 is 0 Å². The van der Waals surface area contributed by atoms with Crippen LogP contribution in [0.1, 0.15) is 24.2 Å². The van der Waals surface area contributed by atoms with Crippen molar-refractivity contribution in [3.05, 3.63) is 52.5 Å². The van der Waals surface area contributed by atoms with E-state index in [-0.39, 0.29) is 6.04 Å². The molecule has 0 aliphatic carbocycles. The summed E-state index contributed by atoms with van der Waals surface area (Å²) in [5.74, 6) is 0. The number of rotatable bonds is 4.